The van der Waals surface area contributed by atoms with Gasteiger partial charge in [0.05, 0.1) is 11.7 Å². The number of aryl methyl sites for hydroxylation is 1. The second kappa shape index (κ2) is 6.26. The smallest absolute Gasteiger partial charge is 0.193 e. The van der Waals surface area contributed by atoms with Crippen LogP contribution in [0.5, 0.6) is 0 Å². The van der Waals surface area contributed by atoms with Crippen molar-refractivity contribution in [2.24, 2.45) is 12.0 Å². The number of fused-ring (bicyclic) bond motifs is 1. The molecule has 2 heterocycles. The van der Waals surface area contributed by atoms with Gasteiger partial charge >= 0.3 is 0 Å². The van der Waals surface area contributed by atoms with Gasteiger partial charge in [-0.05, 0) is 18.1 Å². The van der Waals surface area contributed by atoms with E-state index >= 15 is 0 Å². The Morgan fingerprint density at radius 2 is 2.15 bits per heavy atom. The monoisotopic (exact) mass is 337 g/mol. The summed E-state index contributed by atoms with van der Waals surface area (Å²) < 4.78 is 1.91. The van der Waals surface area contributed by atoms with Crippen molar-refractivity contribution in [3.05, 3.63) is 30.0 Å². The van der Waals surface area contributed by atoms with Crippen molar-refractivity contribution in [2.75, 3.05) is 20.1 Å². The Labute approximate surface area is 129 Å². The van der Waals surface area contributed by atoms with Gasteiger partial charge in [0.2, 0.25) is 0 Å². The molecule has 3 rings (SSSR count). The Morgan fingerprint density at radius 3 is 2.95 bits per heavy atom. The summed E-state index contributed by atoms with van der Waals surface area (Å²) >= 11 is 0. The first-order chi connectivity index (χ1) is 9.24. The van der Waals surface area contributed by atoms with Crippen LogP contribution in [-0.4, -0.2) is 40.8 Å². The number of hydrogen-bond donors (Lipinski definition) is 1. The molecule has 1 aliphatic heterocycles. The molecule has 0 bridgehead atoms. The van der Waals surface area contributed by atoms with E-state index in [1.165, 1.54) is 16.5 Å². The fraction of sp³-hybridized carbons (Fsp3) is 0.429. The molecule has 0 unspecified atom stereocenters. The number of nitrogens with zero attached hydrogens (tertiary/aromatic N) is 4. The lowest BCUT2D eigenvalue weighted by Gasteiger charge is -2.25. The molecular formula is C14H20BrN5. The minimum Gasteiger partial charge on any atom is -0.352 e. The highest BCUT2D eigenvalue weighted by Gasteiger charge is 2.10. The van der Waals surface area contributed by atoms with E-state index in [1.807, 2.05) is 17.9 Å². The SMILES string of the molecule is Br.CN1CCCN=C1NCc1ccc2cnn(C)c2c1. The molecule has 2 aromatic rings. The number of rotatable bonds is 2. The van der Waals surface area contributed by atoms with Gasteiger partial charge in [-0.1, -0.05) is 12.1 Å². The van der Waals surface area contributed by atoms with Crippen molar-refractivity contribution in [2.45, 2.75) is 13.0 Å². The lowest BCUT2D eigenvalue weighted by Crippen LogP contribution is -2.41. The highest BCUT2D eigenvalue weighted by atomic mass is 79.9. The zero-order valence-corrected chi connectivity index (χ0v) is 13.5. The fourth-order valence-electron chi connectivity index (χ4n) is 2.39. The van der Waals surface area contributed by atoms with Crippen LogP contribution in [0, 0.1) is 0 Å². The number of benzene rings is 1. The molecule has 0 saturated carbocycles. The predicted molar refractivity (Wildman–Crippen MR) is 87.4 cm³/mol. The summed E-state index contributed by atoms with van der Waals surface area (Å²) in [7, 11) is 4.05. The molecule has 20 heavy (non-hydrogen) atoms. The van der Waals surface area contributed by atoms with Crippen LogP contribution in [0.1, 0.15) is 12.0 Å². The van der Waals surface area contributed by atoms with Gasteiger partial charge in [-0.15, -0.1) is 17.0 Å². The molecular weight excluding hydrogens is 318 g/mol. The number of aliphatic imine (C=N–C) groups is 1. The number of aromatic nitrogens is 2. The molecule has 1 aromatic heterocycles. The third-order valence-corrected chi connectivity index (χ3v) is 3.54. The summed E-state index contributed by atoms with van der Waals surface area (Å²) in [6, 6.07) is 6.44. The highest BCUT2D eigenvalue weighted by Crippen LogP contribution is 2.14. The van der Waals surface area contributed by atoms with Crippen LogP contribution in [0.3, 0.4) is 0 Å². The largest absolute Gasteiger partial charge is 0.352 e. The molecule has 108 valence electrons. The zero-order valence-electron chi connectivity index (χ0n) is 11.8. The average molecular weight is 338 g/mol. The van der Waals surface area contributed by atoms with Crippen LogP contribution in [0.2, 0.25) is 0 Å². The van der Waals surface area contributed by atoms with Crippen LogP contribution < -0.4 is 5.32 Å². The lowest BCUT2D eigenvalue weighted by atomic mass is 10.1. The molecule has 6 heteroatoms. The van der Waals surface area contributed by atoms with Crippen LogP contribution in [0.15, 0.2) is 29.4 Å². The maximum atomic E-state index is 4.51. The summed E-state index contributed by atoms with van der Waals surface area (Å²) in [5.74, 6) is 0.997. The van der Waals surface area contributed by atoms with Gasteiger partial charge in [0.15, 0.2) is 5.96 Å². The quantitative estimate of drug-likeness (QED) is 0.910. The summed E-state index contributed by atoms with van der Waals surface area (Å²) in [5, 5.41) is 8.85. The third-order valence-electron chi connectivity index (χ3n) is 3.54. The van der Waals surface area contributed by atoms with Crippen molar-refractivity contribution in [3.8, 4) is 0 Å². The first-order valence-electron chi connectivity index (χ1n) is 6.64. The Kier molecular flexibility index (Phi) is 4.65. The molecule has 0 saturated heterocycles. The minimum absolute atomic E-state index is 0. The van der Waals surface area contributed by atoms with Gasteiger partial charge in [0, 0.05) is 39.1 Å². The van der Waals surface area contributed by atoms with Crippen molar-refractivity contribution in [1.82, 2.24) is 20.0 Å². The first kappa shape index (κ1) is 14.8. The third kappa shape index (κ3) is 2.95. The van der Waals surface area contributed by atoms with Crippen molar-refractivity contribution < 1.29 is 0 Å². The van der Waals surface area contributed by atoms with E-state index < -0.39 is 0 Å². The van der Waals surface area contributed by atoms with Gasteiger partial charge < -0.3 is 10.2 Å². The van der Waals surface area contributed by atoms with E-state index in [-0.39, 0.29) is 17.0 Å². The minimum atomic E-state index is 0. The Bertz CT molecular complexity index is 619. The zero-order chi connectivity index (χ0) is 13.2. The van der Waals surface area contributed by atoms with E-state index in [2.05, 4.69) is 45.6 Å². The first-order valence-corrected chi connectivity index (χ1v) is 6.64. The second-order valence-electron chi connectivity index (χ2n) is 5.00. The van der Waals surface area contributed by atoms with Crippen molar-refractivity contribution in [3.63, 3.8) is 0 Å². The molecule has 0 atom stereocenters. The van der Waals surface area contributed by atoms with Gasteiger partial charge in [-0.25, -0.2) is 0 Å². The predicted octanol–water partition coefficient (Wildman–Crippen LogP) is 1.93. The number of nitrogens with one attached hydrogen (secondary N) is 1. The topological polar surface area (TPSA) is 45.4 Å². The van der Waals surface area contributed by atoms with E-state index in [0.29, 0.717) is 0 Å². The molecule has 0 fully saturated rings. The number of guanidine groups is 1. The molecule has 0 amide bonds. The molecule has 1 aliphatic rings. The van der Waals surface area contributed by atoms with Gasteiger partial charge in [0.1, 0.15) is 0 Å². The molecule has 0 aliphatic carbocycles. The van der Waals surface area contributed by atoms with Crippen LogP contribution in [0.4, 0.5) is 0 Å². The van der Waals surface area contributed by atoms with Gasteiger partial charge in [0.25, 0.3) is 0 Å². The van der Waals surface area contributed by atoms with Gasteiger partial charge in [-0.2, -0.15) is 5.10 Å². The molecule has 0 spiro atoms. The summed E-state index contributed by atoms with van der Waals surface area (Å²) in [6.07, 6.45) is 3.04. The Balaban J connectivity index is 0.00000147. The van der Waals surface area contributed by atoms with E-state index in [9.17, 15) is 0 Å². The molecule has 5 nitrogen and oxygen atoms in total. The Hall–Kier alpha value is -1.56. The second-order valence-corrected chi connectivity index (χ2v) is 5.00. The van der Waals surface area contributed by atoms with Gasteiger partial charge in [-0.3, -0.25) is 9.67 Å². The molecule has 0 radical (unpaired) electrons. The highest BCUT2D eigenvalue weighted by molar-refractivity contribution is 8.93. The normalized spacial score (nSPS) is 14.9. The van der Waals surface area contributed by atoms with Crippen LogP contribution in [0.25, 0.3) is 10.9 Å². The summed E-state index contributed by atoms with van der Waals surface area (Å²) in [4.78, 5) is 6.68. The van der Waals surface area contributed by atoms with Crippen molar-refractivity contribution in [1.29, 1.82) is 0 Å². The summed E-state index contributed by atoms with van der Waals surface area (Å²) in [6.45, 7) is 2.80. The number of halogens is 1. The standard InChI is InChI=1S/C14H19N5.BrH/c1-18-7-3-6-15-14(18)16-9-11-4-5-12-10-17-19(2)13(12)8-11;/h4-5,8,10H,3,6-7,9H2,1-2H3,(H,15,16);1H. The number of hydrogen-bond acceptors (Lipinski definition) is 4. The van der Waals surface area contributed by atoms with Crippen molar-refractivity contribution >= 4 is 33.8 Å². The fourth-order valence-corrected chi connectivity index (χ4v) is 2.39. The molecule has 1 aromatic carbocycles. The van der Waals surface area contributed by atoms with E-state index in [4.69, 9.17) is 0 Å². The van der Waals surface area contributed by atoms with E-state index in [1.54, 1.807) is 0 Å². The lowest BCUT2D eigenvalue weighted by molar-refractivity contribution is 0.446. The maximum absolute atomic E-state index is 4.51. The average Bonchev–Trinajstić information content (AvgIpc) is 2.79. The maximum Gasteiger partial charge on any atom is 0.193 e. The van der Waals surface area contributed by atoms with Crippen LogP contribution in [-0.2, 0) is 13.6 Å². The molecule has 1 N–H and O–H groups in total. The van der Waals surface area contributed by atoms with E-state index in [0.717, 1.165) is 32.0 Å². The Morgan fingerprint density at radius 1 is 1.30 bits per heavy atom. The summed E-state index contributed by atoms with van der Waals surface area (Å²) in [5.41, 5.74) is 2.41. The van der Waals surface area contributed by atoms with Crippen LogP contribution >= 0.6 is 17.0 Å².